The SMILES string of the molecule is COCc1cc(C)nc2sc(C3=NC4(CCCC4)Cc4ccccc43)c(NC(=O)c3ccccc3)c12. The van der Waals surface area contributed by atoms with Crippen molar-refractivity contribution in [3.05, 3.63) is 93.5 Å². The minimum absolute atomic E-state index is 0.0563. The lowest BCUT2D eigenvalue weighted by atomic mass is 9.82. The number of fused-ring (bicyclic) bond motifs is 2. The van der Waals surface area contributed by atoms with Crippen LogP contribution < -0.4 is 5.32 Å². The summed E-state index contributed by atoms with van der Waals surface area (Å²) in [5.41, 5.74) is 6.77. The smallest absolute Gasteiger partial charge is 0.255 e. The molecule has 0 bridgehead atoms. The van der Waals surface area contributed by atoms with E-state index in [-0.39, 0.29) is 11.4 Å². The van der Waals surface area contributed by atoms with Gasteiger partial charge in [0.25, 0.3) is 5.91 Å². The number of carbonyl (C=O) groups is 1. The summed E-state index contributed by atoms with van der Waals surface area (Å²) in [6.07, 6.45) is 5.61. The maximum atomic E-state index is 13.4. The van der Waals surface area contributed by atoms with Crippen molar-refractivity contribution in [3.63, 3.8) is 0 Å². The largest absolute Gasteiger partial charge is 0.380 e. The fourth-order valence-corrected chi connectivity index (χ4v) is 6.96. The van der Waals surface area contributed by atoms with E-state index in [1.807, 2.05) is 37.3 Å². The number of benzene rings is 2. The summed E-state index contributed by atoms with van der Waals surface area (Å²) in [4.78, 5) is 25.6. The first-order valence-corrected chi connectivity index (χ1v) is 13.4. The molecule has 5 nitrogen and oxygen atoms in total. The van der Waals surface area contributed by atoms with Crippen molar-refractivity contribution in [1.82, 2.24) is 4.98 Å². The summed E-state index contributed by atoms with van der Waals surface area (Å²) in [5, 5.41) is 4.21. The standard InChI is InChI=1S/C30H29N3O2S/c1-19-16-22(18-35-2)24-26(32-28(34)20-10-4-3-5-11-20)27(36-29(24)31-19)25-23-13-7-6-12-21(23)17-30(33-25)14-8-9-15-30/h3-7,10-13,16H,8-9,14-15,17-18H2,1-2H3,(H,32,34). The molecule has 3 heterocycles. The molecule has 4 aromatic rings. The fourth-order valence-electron chi connectivity index (χ4n) is 5.73. The van der Waals surface area contributed by atoms with Gasteiger partial charge in [0.1, 0.15) is 4.83 Å². The topological polar surface area (TPSA) is 63.6 Å². The van der Waals surface area contributed by atoms with E-state index in [1.54, 1.807) is 18.4 Å². The molecule has 0 radical (unpaired) electrons. The third-order valence-electron chi connectivity index (χ3n) is 7.34. The highest BCUT2D eigenvalue weighted by atomic mass is 32.1. The summed E-state index contributed by atoms with van der Waals surface area (Å²) in [7, 11) is 1.70. The van der Waals surface area contributed by atoms with Crippen LogP contribution in [-0.4, -0.2) is 29.3 Å². The minimum Gasteiger partial charge on any atom is -0.380 e. The second-order valence-electron chi connectivity index (χ2n) is 9.89. The van der Waals surface area contributed by atoms with Crippen molar-refractivity contribution in [1.29, 1.82) is 0 Å². The fraction of sp³-hybridized carbons (Fsp3) is 0.300. The number of carbonyl (C=O) groups excluding carboxylic acids is 1. The molecule has 1 N–H and O–H groups in total. The second-order valence-corrected chi connectivity index (χ2v) is 10.9. The van der Waals surface area contributed by atoms with Gasteiger partial charge in [-0.3, -0.25) is 9.79 Å². The number of pyridine rings is 1. The molecule has 0 saturated heterocycles. The zero-order valence-electron chi connectivity index (χ0n) is 20.6. The number of aromatic nitrogens is 1. The first-order chi connectivity index (χ1) is 17.6. The van der Waals surface area contributed by atoms with E-state index in [2.05, 4.69) is 35.6 Å². The average Bonchev–Trinajstić information content (AvgIpc) is 3.48. The summed E-state index contributed by atoms with van der Waals surface area (Å²) in [6.45, 7) is 2.44. The van der Waals surface area contributed by atoms with E-state index >= 15 is 0 Å². The first kappa shape index (κ1) is 23.1. The van der Waals surface area contributed by atoms with Gasteiger partial charge >= 0.3 is 0 Å². The van der Waals surface area contributed by atoms with E-state index in [0.717, 1.165) is 62.6 Å². The van der Waals surface area contributed by atoms with Crippen LogP contribution in [0.1, 0.15) is 63.3 Å². The van der Waals surface area contributed by atoms with E-state index in [1.165, 1.54) is 18.4 Å². The van der Waals surface area contributed by atoms with Crippen molar-refractivity contribution in [3.8, 4) is 0 Å². The summed E-state index contributed by atoms with van der Waals surface area (Å²) < 4.78 is 5.56. The Labute approximate surface area is 215 Å². The molecular formula is C30H29N3O2S. The summed E-state index contributed by atoms with van der Waals surface area (Å²) in [6, 6.07) is 20.0. The highest BCUT2D eigenvalue weighted by Gasteiger charge is 2.39. The van der Waals surface area contributed by atoms with Gasteiger partial charge in [-0.1, -0.05) is 55.3 Å². The van der Waals surface area contributed by atoms with E-state index in [4.69, 9.17) is 14.7 Å². The summed E-state index contributed by atoms with van der Waals surface area (Å²) >= 11 is 1.62. The number of rotatable bonds is 5. The Morgan fingerprint density at radius 3 is 2.61 bits per heavy atom. The third-order valence-corrected chi connectivity index (χ3v) is 8.43. The maximum Gasteiger partial charge on any atom is 0.255 e. The molecule has 6 heteroatoms. The van der Waals surface area contributed by atoms with Crippen LogP contribution >= 0.6 is 11.3 Å². The Balaban J connectivity index is 1.59. The van der Waals surface area contributed by atoms with Crippen molar-refractivity contribution < 1.29 is 9.53 Å². The number of amides is 1. The molecular weight excluding hydrogens is 466 g/mol. The van der Waals surface area contributed by atoms with Crippen molar-refractivity contribution in [2.45, 2.75) is 51.2 Å². The molecule has 1 saturated carbocycles. The highest BCUT2D eigenvalue weighted by molar-refractivity contribution is 7.21. The number of hydrogen-bond donors (Lipinski definition) is 1. The predicted octanol–water partition coefficient (Wildman–Crippen LogP) is 6.71. The van der Waals surface area contributed by atoms with Crippen LogP contribution in [0.4, 0.5) is 5.69 Å². The van der Waals surface area contributed by atoms with E-state index in [9.17, 15) is 4.79 Å². The number of nitrogens with zero attached hydrogens (tertiary/aromatic N) is 2. The van der Waals surface area contributed by atoms with Gasteiger partial charge in [-0.05, 0) is 55.5 Å². The van der Waals surface area contributed by atoms with Gasteiger partial charge in [-0.15, -0.1) is 11.3 Å². The third kappa shape index (κ3) is 4.04. The Bertz CT molecular complexity index is 1480. The second kappa shape index (κ2) is 9.26. The number of aliphatic imine (C=N–C) groups is 1. The van der Waals surface area contributed by atoms with Gasteiger partial charge in [0, 0.05) is 29.3 Å². The van der Waals surface area contributed by atoms with Crippen LogP contribution in [0, 0.1) is 6.92 Å². The Kier molecular flexibility index (Phi) is 5.94. The highest BCUT2D eigenvalue weighted by Crippen LogP contribution is 2.45. The monoisotopic (exact) mass is 495 g/mol. The minimum atomic E-state index is -0.138. The normalized spacial score (nSPS) is 16.2. The number of ether oxygens (including phenoxy) is 1. The number of aryl methyl sites for hydroxylation is 1. The lowest BCUT2D eigenvalue weighted by Crippen LogP contribution is -2.32. The predicted molar refractivity (Wildman–Crippen MR) is 146 cm³/mol. The van der Waals surface area contributed by atoms with Crippen molar-refractivity contribution in [2.24, 2.45) is 4.99 Å². The average molecular weight is 496 g/mol. The maximum absolute atomic E-state index is 13.4. The number of thiophene rings is 1. The molecule has 2 aromatic carbocycles. The van der Waals surface area contributed by atoms with E-state index < -0.39 is 0 Å². The van der Waals surface area contributed by atoms with Crippen molar-refractivity contribution >= 4 is 38.9 Å². The zero-order chi connectivity index (χ0) is 24.7. The van der Waals surface area contributed by atoms with Crippen LogP contribution in [0.5, 0.6) is 0 Å². The molecule has 2 aromatic heterocycles. The van der Waals surface area contributed by atoms with Crippen LogP contribution in [0.2, 0.25) is 0 Å². The lowest BCUT2D eigenvalue weighted by molar-refractivity contribution is 0.102. The molecule has 1 amide bonds. The van der Waals surface area contributed by atoms with Gasteiger partial charge in [0.2, 0.25) is 0 Å². The Hall–Kier alpha value is -3.35. The quantitative estimate of drug-likeness (QED) is 0.335. The van der Waals surface area contributed by atoms with Crippen LogP contribution in [0.15, 0.2) is 65.7 Å². The number of anilines is 1. The molecule has 6 rings (SSSR count). The van der Waals surface area contributed by atoms with E-state index in [0.29, 0.717) is 12.2 Å². The lowest BCUT2D eigenvalue weighted by Gasteiger charge is -2.32. The molecule has 0 atom stereocenters. The van der Waals surface area contributed by atoms with Crippen molar-refractivity contribution in [2.75, 3.05) is 12.4 Å². The molecule has 1 fully saturated rings. The molecule has 0 unspecified atom stereocenters. The number of hydrogen-bond acceptors (Lipinski definition) is 5. The Morgan fingerprint density at radius 1 is 1.08 bits per heavy atom. The van der Waals surface area contributed by atoms with Crippen LogP contribution in [0.3, 0.4) is 0 Å². The van der Waals surface area contributed by atoms with Gasteiger partial charge in [-0.2, -0.15) is 0 Å². The van der Waals surface area contributed by atoms with Gasteiger partial charge in [0.15, 0.2) is 0 Å². The molecule has 1 aliphatic carbocycles. The van der Waals surface area contributed by atoms with Gasteiger partial charge in [0.05, 0.1) is 28.4 Å². The zero-order valence-corrected chi connectivity index (χ0v) is 21.5. The molecule has 1 aliphatic heterocycles. The Morgan fingerprint density at radius 2 is 1.83 bits per heavy atom. The van der Waals surface area contributed by atoms with Crippen LogP contribution in [-0.2, 0) is 17.8 Å². The van der Waals surface area contributed by atoms with Crippen LogP contribution in [0.25, 0.3) is 10.2 Å². The molecule has 2 aliphatic rings. The first-order valence-electron chi connectivity index (χ1n) is 12.5. The van der Waals surface area contributed by atoms with Gasteiger partial charge < -0.3 is 10.1 Å². The van der Waals surface area contributed by atoms with Gasteiger partial charge in [-0.25, -0.2) is 4.98 Å². The molecule has 36 heavy (non-hydrogen) atoms. The number of nitrogens with one attached hydrogen (secondary N) is 1. The number of methoxy groups -OCH3 is 1. The summed E-state index contributed by atoms with van der Waals surface area (Å²) in [5.74, 6) is -0.138. The molecule has 1 spiro atoms. The molecule has 182 valence electrons.